The summed E-state index contributed by atoms with van der Waals surface area (Å²) in [5, 5.41) is 5.94. The summed E-state index contributed by atoms with van der Waals surface area (Å²) < 4.78 is 5.45. The molecule has 1 fully saturated rings. The van der Waals surface area contributed by atoms with E-state index in [2.05, 4.69) is 10.6 Å². The van der Waals surface area contributed by atoms with Crippen LogP contribution in [0.3, 0.4) is 0 Å². The number of amides is 2. The van der Waals surface area contributed by atoms with Gasteiger partial charge in [0.25, 0.3) is 5.91 Å². The van der Waals surface area contributed by atoms with Crippen molar-refractivity contribution in [3.8, 4) is 5.75 Å². The van der Waals surface area contributed by atoms with Crippen LogP contribution in [-0.4, -0.2) is 30.5 Å². The predicted molar refractivity (Wildman–Crippen MR) is 98.3 cm³/mol. The number of nitrogens with one attached hydrogen (secondary N) is 2. The van der Waals surface area contributed by atoms with Gasteiger partial charge in [0, 0.05) is 6.04 Å². The quantitative estimate of drug-likeness (QED) is 0.746. The first-order chi connectivity index (χ1) is 12.1. The molecule has 1 aliphatic rings. The van der Waals surface area contributed by atoms with Crippen LogP contribution in [0.4, 0.5) is 0 Å². The lowest BCUT2D eigenvalue weighted by Gasteiger charge is -2.25. The van der Waals surface area contributed by atoms with Gasteiger partial charge in [-0.05, 0) is 30.9 Å². The van der Waals surface area contributed by atoms with Gasteiger partial charge < -0.3 is 15.4 Å². The molecule has 0 saturated heterocycles. The van der Waals surface area contributed by atoms with E-state index in [0.29, 0.717) is 5.75 Å². The summed E-state index contributed by atoms with van der Waals surface area (Å²) in [5.74, 6) is 0.293. The normalized spacial score (nSPS) is 16.8. The first-order valence-electron chi connectivity index (χ1n) is 9.34. The molecule has 1 aromatic rings. The van der Waals surface area contributed by atoms with E-state index in [-0.39, 0.29) is 30.4 Å². The SMILES string of the molecule is CC(C)[C@H](NC(=O)COc1ccccc1)C(=O)NC1CCCCCC1. The van der Waals surface area contributed by atoms with Crippen molar-refractivity contribution in [2.24, 2.45) is 5.92 Å². The van der Waals surface area contributed by atoms with Crippen molar-refractivity contribution in [3.63, 3.8) is 0 Å². The first-order valence-corrected chi connectivity index (χ1v) is 9.34. The summed E-state index contributed by atoms with van der Waals surface area (Å²) in [5.41, 5.74) is 0. The van der Waals surface area contributed by atoms with Crippen molar-refractivity contribution in [1.29, 1.82) is 0 Å². The molecule has 1 atom stereocenters. The fourth-order valence-corrected chi connectivity index (χ4v) is 3.13. The standard InChI is InChI=1S/C20H30N2O3/c1-15(2)19(20(24)21-16-10-6-3-4-7-11-16)22-18(23)14-25-17-12-8-5-9-13-17/h5,8-9,12-13,15-16,19H,3-4,6-7,10-11,14H2,1-2H3,(H,21,24)(H,22,23)/t19-/m0/s1. The van der Waals surface area contributed by atoms with Gasteiger partial charge in [0.05, 0.1) is 0 Å². The fourth-order valence-electron chi connectivity index (χ4n) is 3.13. The molecule has 1 aromatic carbocycles. The molecule has 5 nitrogen and oxygen atoms in total. The summed E-state index contributed by atoms with van der Waals surface area (Å²) >= 11 is 0. The second-order valence-corrected chi connectivity index (χ2v) is 7.09. The first kappa shape index (κ1) is 19.3. The maximum Gasteiger partial charge on any atom is 0.258 e. The van der Waals surface area contributed by atoms with E-state index < -0.39 is 6.04 Å². The molecule has 1 aliphatic carbocycles. The summed E-state index contributed by atoms with van der Waals surface area (Å²) in [6.45, 7) is 3.79. The Bertz CT molecular complexity index is 537. The lowest BCUT2D eigenvalue weighted by Crippen LogP contribution is -2.52. The zero-order valence-corrected chi connectivity index (χ0v) is 15.3. The average molecular weight is 346 g/mol. The maximum atomic E-state index is 12.6. The fraction of sp³-hybridized carbons (Fsp3) is 0.600. The van der Waals surface area contributed by atoms with Crippen LogP contribution in [0.15, 0.2) is 30.3 Å². The minimum atomic E-state index is -0.532. The van der Waals surface area contributed by atoms with Crippen molar-refractivity contribution >= 4 is 11.8 Å². The number of benzene rings is 1. The molecule has 0 unspecified atom stereocenters. The number of para-hydroxylation sites is 1. The van der Waals surface area contributed by atoms with Crippen LogP contribution in [-0.2, 0) is 9.59 Å². The molecule has 138 valence electrons. The Hall–Kier alpha value is -2.04. The average Bonchev–Trinajstić information content (AvgIpc) is 2.87. The molecule has 0 aliphatic heterocycles. The molecule has 1 saturated carbocycles. The van der Waals surface area contributed by atoms with E-state index in [1.54, 1.807) is 12.1 Å². The van der Waals surface area contributed by atoms with Crippen molar-refractivity contribution in [3.05, 3.63) is 30.3 Å². The largest absolute Gasteiger partial charge is 0.484 e. The van der Waals surface area contributed by atoms with Gasteiger partial charge in [-0.25, -0.2) is 0 Å². The van der Waals surface area contributed by atoms with E-state index in [1.165, 1.54) is 12.8 Å². The topological polar surface area (TPSA) is 67.4 Å². The molecule has 5 heteroatoms. The third-order valence-corrected chi connectivity index (χ3v) is 4.58. The van der Waals surface area contributed by atoms with Gasteiger partial charge >= 0.3 is 0 Å². The number of hydrogen-bond donors (Lipinski definition) is 2. The highest BCUT2D eigenvalue weighted by atomic mass is 16.5. The van der Waals surface area contributed by atoms with Crippen LogP contribution in [0, 0.1) is 5.92 Å². The number of carbonyl (C=O) groups excluding carboxylic acids is 2. The molecule has 0 bridgehead atoms. The third kappa shape index (κ3) is 6.77. The van der Waals surface area contributed by atoms with Gasteiger partial charge in [-0.15, -0.1) is 0 Å². The minimum Gasteiger partial charge on any atom is -0.484 e. The second kappa shape index (κ2) is 10.1. The molecule has 25 heavy (non-hydrogen) atoms. The Kier molecular flexibility index (Phi) is 7.76. The van der Waals surface area contributed by atoms with Crippen LogP contribution in [0.25, 0.3) is 0 Å². The number of hydrogen-bond acceptors (Lipinski definition) is 3. The summed E-state index contributed by atoms with van der Waals surface area (Å²) in [6, 6.07) is 8.88. The number of ether oxygens (including phenoxy) is 1. The van der Waals surface area contributed by atoms with Crippen LogP contribution in [0.1, 0.15) is 52.4 Å². The van der Waals surface area contributed by atoms with Gasteiger partial charge in [-0.3, -0.25) is 9.59 Å². The van der Waals surface area contributed by atoms with Gasteiger partial charge in [-0.1, -0.05) is 57.7 Å². The highest BCUT2D eigenvalue weighted by Gasteiger charge is 2.26. The Morgan fingerprint density at radius 3 is 2.32 bits per heavy atom. The molecular weight excluding hydrogens is 316 g/mol. The third-order valence-electron chi connectivity index (χ3n) is 4.58. The summed E-state index contributed by atoms with van der Waals surface area (Å²) in [7, 11) is 0. The monoisotopic (exact) mass is 346 g/mol. The van der Waals surface area contributed by atoms with Crippen molar-refractivity contribution in [1.82, 2.24) is 10.6 Å². The molecule has 2 N–H and O–H groups in total. The lowest BCUT2D eigenvalue weighted by atomic mass is 10.0. The van der Waals surface area contributed by atoms with Crippen LogP contribution in [0.2, 0.25) is 0 Å². The Balaban J connectivity index is 1.83. The highest BCUT2D eigenvalue weighted by molar-refractivity contribution is 5.88. The summed E-state index contributed by atoms with van der Waals surface area (Å²) in [6.07, 6.45) is 6.87. The molecule has 0 spiro atoms. The minimum absolute atomic E-state index is 0.0199. The van der Waals surface area contributed by atoms with Gasteiger partial charge in [0.15, 0.2) is 6.61 Å². The zero-order valence-electron chi connectivity index (χ0n) is 15.3. The van der Waals surface area contributed by atoms with E-state index >= 15 is 0 Å². The Morgan fingerprint density at radius 1 is 1.08 bits per heavy atom. The molecular formula is C20H30N2O3. The van der Waals surface area contributed by atoms with Gasteiger partial charge in [0.2, 0.25) is 5.91 Å². The van der Waals surface area contributed by atoms with E-state index in [0.717, 1.165) is 25.7 Å². The highest BCUT2D eigenvalue weighted by Crippen LogP contribution is 2.17. The molecule has 0 radical (unpaired) electrons. The lowest BCUT2D eigenvalue weighted by molar-refractivity contribution is -0.131. The molecule has 0 aromatic heterocycles. The van der Waals surface area contributed by atoms with Crippen molar-refractivity contribution in [2.45, 2.75) is 64.5 Å². The number of carbonyl (C=O) groups is 2. The molecule has 2 amide bonds. The van der Waals surface area contributed by atoms with E-state index in [1.807, 2.05) is 32.0 Å². The van der Waals surface area contributed by atoms with Gasteiger partial charge in [0.1, 0.15) is 11.8 Å². The summed E-state index contributed by atoms with van der Waals surface area (Å²) in [4.78, 5) is 24.8. The van der Waals surface area contributed by atoms with E-state index in [4.69, 9.17) is 4.74 Å². The van der Waals surface area contributed by atoms with Crippen LogP contribution in [0.5, 0.6) is 5.75 Å². The molecule has 0 heterocycles. The second-order valence-electron chi connectivity index (χ2n) is 7.09. The van der Waals surface area contributed by atoms with Crippen molar-refractivity contribution in [2.75, 3.05) is 6.61 Å². The zero-order chi connectivity index (χ0) is 18.1. The van der Waals surface area contributed by atoms with Crippen LogP contribution < -0.4 is 15.4 Å². The van der Waals surface area contributed by atoms with E-state index in [9.17, 15) is 9.59 Å². The van der Waals surface area contributed by atoms with Crippen LogP contribution >= 0.6 is 0 Å². The Labute approximate surface area is 150 Å². The van der Waals surface area contributed by atoms with Gasteiger partial charge in [-0.2, -0.15) is 0 Å². The number of rotatable bonds is 7. The maximum absolute atomic E-state index is 12.6. The van der Waals surface area contributed by atoms with Crippen molar-refractivity contribution < 1.29 is 14.3 Å². The Morgan fingerprint density at radius 2 is 1.72 bits per heavy atom. The molecule has 2 rings (SSSR count). The predicted octanol–water partition coefficient (Wildman–Crippen LogP) is 3.05. The smallest absolute Gasteiger partial charge is 0.258 e.